The van der Waals surface area contributed by atoms with Crippen LogP contribution in [-0.2, 0) is 5.41 Å². The van der Waals surface area contributed by atoms with Gasteiger partial charge in [0.05, 0.1) is 11.0 Å². The van der Waals surface area contributed by atoms with Gasteiger partial charge in [0.1, 0.15) is 0 Å². The van der Waals surface area contributed by atoms with Crippen LogP contribution in [0.1, 0.15) is 25.0 Å². The van der Waals surface area contributed by atoms with E-state index < -0.39 is 0 Å². The number of benzene rings is 10. The van der Waals surface area contributed by atoms with Crippen LogP contribution in [0.3, 0.4) is 0 Å². The summed E-state index contributed by atoms with van der Waals surface area (Å²) >= 11 is 1.87. The zero-order chi connectivity index (χ0) is 42.5. The molecule has 1 aliphatic carbocycles. The summed E-state index contributed by atoms with van der Waals surface area (Å²) in [6, 6.07) is 80.9. The molecular formula is C61H42N2S. The average Bonchev–Trinajstić information content (AvgIpc) is 3.97. The largest absolute Gasteiger partial charge is 0.310 e. The summed E-state index contributed by atoms with van der Waals surface area (Å²) in [6.07, 6.45) is 0. The van der Waals surface area contributed by atoms with Crippen LogP contribution in [0.15, 0.2) is 218 Å². The van der Waals surface area contributed by atoms with Gasteiger partial charge >= 0.3 is 0 Å². The van der Waals surface area contributed by atoms with E-state index in [1.54, 1.807) is 0 Å². The highest BCUT2D eigenvalue weighted by molar-refractivity contribution is 7.25. The Morgan fingerprint density at radius 2 is 1.03 bits per heavy atom. The van der Waals surface area contributed by atoms with Gasteiger partial charge in [-0.25, -0.2) is 0 Å². The van der Waals surface area contributed by atoms with Crippen LogP contribution >= 0.6 is 11.3 Å². The Bertz CT molecular complexity index is 3800. The van der Waals surface area contributed by atoms with E-state index in [0.717, 1.165) is 22.7 Å². The van der Waals surface area contributed by atoms with E-state index in [1.807, 2.05) is 11.3 Å². The molecule has 0 spiro atoms. The van der Waals surface area contributed by atoms with Crippen molar-refractivity contribution < 1.29 is 0 Å². The van der Waals surface area contributed by atoms with Gasteiger partial charge in [-0.05, 0) is 135 Å². The van der Waals surface area contributed by atoms with Crippen LogP contribution in [0, 0.1) is 0 Å². The molecule has 302 valence electrons. The second-order valence-electron chi connectivity index (χ2n) is 17.7. The number of hydrogen-bond donors (Lipinski definition) is 0. The van der Waals surface area contributed by atoms with Crippen molar-refractivity contribution in [3.63, 3.8) is 0 Å². The number of anilines is 3. The molecule has 0 saturated heterocycles. The zero-order valence-corrected chi connectivity index (χ0v) is 36.4. The number of thiophene rings is 1. The summed E-state index contributed by atoms with van der Waals surface area (Å²) < 4.78 is 5.12. The Kier molecular flexibility index (Phi) is 8.16. The lowest BCUT2D eigenvalue weighted by atomic mass is 9.82. The molecule has 13 rings (SSSR count). The first-order valence-electron chi connectivity index (χ1n) is 22.2. The van der Waals surface area contributed by atoms with Crippen molar-refractivity contribution in [2.24, 2.45) is 0 Å². The monoisotopic (exact) mass is 834 g/mol. The SMILES string of the molecule is CC1(C)c2ccccc2-c2ccc(N(c3ccccc3)c3ccc(-c4ccc5c(c4)c4c(-c6ccc7sc8ccccc8c7c6)cc6ccccc6c4n5-c4ccccc4)cc3)cc21. The summed E-state index contributed by atoms with van der Waals surface area (Å²) in [5.74, 6) is 0. The Balaban J connectivity index is 0.989. The number of fused-ring (bicyclic) bond motifs is 11. The van der Waals surface area contributed by atoms with E-state index in [-0.39, 0.29) is 5.41 Å². The molecule has 12 aromatic rings. The van der Waals surface area contributed by atoms with E-state index in [1.165, 1.54) is 97.3 Å². The molecule has 0 amide bonds. The zero-order valence-electron chi connectivity index (χ0n) is 35.6. The highest BCUT2D eigenvalue weighted by atomic mass is 32.1. The van der Waals surface area contributed by atoms with Gasteiger partial charge in [-0.3, -0.25) is 0 Å². The molecule has 0 aliphatic heterocycles. The Hall–Kier alpha value is -7.72. The first kappa shape index (κ1) is 36.9. The molecule has 0 bridgehead atoms. The molecule has 0 radical (unpaired) electrons. The fourth-order valence-electron chi connectivity index (χ4n) is 10.7. The van der Waals surface area contributed by atoms with Gasteiger partial charge in [0.2, 0.25) is 0 Å². The lowest BCUT2D eigenvalue weighted by molar-refractivity contribution is 0.660. The predicted octanol–water partition coefficient (Wildman–Crippen LogP) is 17.4. The molecular weight excluding hydrogens is 793 g/mol. The summed E-state index contributed by atoms with van der Waals surface area (Å²) in [5, 5.41) is 7.61. The number of rotatable bonds is 6. The maximum Gasteiger partial charge on any atom is 0.0625 e. The highest BCUT2D eigenvalue weighted by Crippen LogP contribution is 2.51. The maximum absolute atomic E-state index is 2.48. The van der Waals surface area contributed by atoms with Crippen LogP contribution in [0.5, 0.6) is 0 Å². The minimum atomic E-state index is -0.0897. The Labute approximate surface area is 376 Å². The van der Waals surface area contributed by atoms with E-state index in [0.29, 0.717) is 0 Å². The minimum absolute atomic E-state index is 0.0897. The van der Waals surface area contributed by atoms with Gasteiger partial charge in [0.25, 0.3) is 0 Å². The maximum atomic E-state index is 2.48. The third-order valence-electron chi connectivity index (χ3n) is 13.8. The van der Waals surface area contributed by atoms with Crippen molar-refractivity contribution in [1.82, 2.24) is 4.57 Å². The third-order valence-corrected chi connectivity index (χ3v) is 14.9. The van der Waals surface area contributed by atoms with Crippen molar-refractivity contribution in [1.29, 1.82) is 0 Å². The van der Waals surface area contributed by atoms with E-state index in [4.69, 9.17) is 0 Å². The van der Waals surface area contributed by atoms with Crippen LogP contribution in [0.2, 0.25) is 0 Å². The number of aromatic nitrogens is 1. The third kappa shape index (κ3) is 5.57. The molecule has 0 atom stereocenters. The van der Waals surface area contributed by atoms with Gasteiger partial charge in [-0.2, -0.15) is 0 Å². The lowest BCUT2D eigenvalue weighted by Crippen LogP contribution is -2.16. The van der Waals surface area contributed by atoms with E-state index >= 15 is 0 Å². The van der Waals surface area contributed by atoms with Gasteiger partial charge in [-0.15, -0.1) is 11.3 Å². The molecule has 2 heterocycles. The normalized spacial score (nSPS) is 13.0. The van der Waals surface area contributed by atoms with Gasteiger partial charge in [0.15, 0.2) is 0 Å². The summed E-state index contributed by atoms with van der Waals surface area (Å²) in [5.41, 5.74) is 17.2. The summed E-state index contributed by atoms with van der Waals surface area (Å²) in [6.45, 7) is 4.71. The number of hydrogen-bond acceptors (Lipinski definition) is 2. The second-order valence-corrected chi connectivity index (χ2v) is 18.8. The predicted molar refractivity (Wildman–Crippen MR) is 274 cm³/mol. The molecule has 2 aromatic heterocycles. The van der Waals surface area contributed by atoms with Crippen molar-refractivity contribution >= 4 is 81.1 Å². The van der Waals surface area contributed by atoms with Gasteiger partial charge < -0.3 is 9.47 Å². The van der Waals surface area contributed by atoms with Crippen molar-refractivity contribution in [2.75, 3.05) is 4.90 Å². The van der Waals surface area contributed by atoms with Gasteiger partial charge in [0, 0.05) is 64.5 Å². The van der Waals surface area contributed by atoms with E-state index in [9.17, 15) is 0 Å². The van der Waals surface area contributed by atoms with Crippen LogP contribution in [0.25, 0.3) is 91.8 Å². The molecule has 1 aliphatic rings. The summed E-state index contributed by atoms with van der Waals surface area (Å²) in [4.78, 5) is 2.39. The first-order valence-corrected chi connectivity index (χ1v) is 23.0. The molecule has 0 fully saturated rings. The molecule has 2 nitrogen and oxygen atoms in total. The molecule has 0 saturated carbocycles. The number of para-hydroxylation sites is 2. The second kappa shape index (κ2) is 14.2. The molecule has 0 N–H and O–H groups in total. The smallest absolute Gasteiger partial charge is 0.0625 e. The lowest BCUT2D eigenvalue weighted by Gasteiger charge is -2.28. The first-order chi connectivity index (χ1) is 31.5. The highest BCUT2D eigenvalue weighted by Gasteiger charge is 2.35. The molecule has 64 heavy (non-hydrogen) atoms. The van der Waals surface area contributed by atoms with Crippen LogP contribution < -0.4 is 4.90 Å². The summed E-state index contributed by atoms with van der Waals surface area (Å²) in [7, 11) is 0. The fourth-order valence-corrected chi connectivity index (χ4v) is 11.8. The van der Waals surface area contributed by atoms with Crippen molar-refractivity contribution in [3.05, 3.63) is 230 Å². The Morgan fingerprint density at radius 3 is 1.88 bits per heavy atom. The van der Waals surface area contributed by atoms with Crippen molar-refractivity contribution in [3.8, 4) is 39.1 Å². The van der Waals surface area contributed by atoms with Gasteiger partial charge in [-0.1, -0.05) is 147 Å². The molecule has 3 heteroatoms. The standard InChI is InChI=1S/C61H42N2S/c1-61(2)54-23-13-11-21-48(54)49-32-31-46(38-55(49)61)62(43-16-5-3-6-17-43)45-29-25-39(26-30-45)40-27-33-56-53(35-40)59-51(42-28-34-58-52(37-42)50-22-12-14-24-57(50)64-58)36-41-15-9-10-20-47(41)60(59)63(56)44-18-7-4-8-19-44/h3-38H,1-2H3. The van der Waals surface area contributed by atoms with E-state index in [2.05, 4.69) is 242 Å². The van der Waals surface area contributed by atoms with Crippen molar-refractivity contribution in [2.45, 2.75) is 19.3 Å². The quantitative estimate of drug-likeness (QED) is 0.162. The number of nitrogens with zero attached hydrogens (tertiary/aromatic N) is 2. The molecule has 10 aromatic carbocycles. The Morgan fingerprint density at radius 1 is 0.406 bits per heavy atom. The minimum Gasteiger partial charge on any atom is -0.310 e. The average molecular weight is 835 g/mol. The van der Waals surface area contributed by atoms with Crippen LogP contribution in [0.4, 0.5) is 17.1 Å². The fraction of sp³-hybridized carbons (Fsp3) is 0.0492. The topological polar surface area (TPSA) is 8.17 Å². The van der Waals surface area contributed by atoms with Crippen LogP contribution in [-0.4, -0.2) is 4.57 Å². The molecule has 0 unspecified atom stereocenters.